The van der Waals surface area contributed by atoms with Gasteiger partial charge in [0, 0.05) is 18.2 Å². The smallest absolute Gasteiger partial charge is 0.266 e. The van der Waals surface area contributed by atoms with Crippen molar-refractivity contribution in [2.75, 3.05) is 20.3 Å². The van der Waals surface area contributed by atoms with Gasteiger partial charge in [-0.2, -0.15) is 0 Å². The number of carbonyl (C=O) groups is 1. The average Bonchev–Trinajstić information content (AvgIpc) is 3.31. The standard InChI is InChI=1S/C23H24ClN3O4S/c1-14(21(28)25-13-16-6-5-11-31-16)32-23-26-18-12-15(24)9-10-17(18)22(29)27(23)19-7-3-4-8-20(19)30-2/h3-4,7-10,12,14,16H,5-6,11,13H2,1-2H3,(H,25,28)/t14-,16-/m1/s1. The quantitative estimate of drug-likeness (QED) is 0.415. The molecule has 1 aliphatic heterocycles. The van der Waals surface area contributed by atoms with Crippen LogP contribution in [0.4, 0.5) is 0 Å². The second-order valence-corrected chi connectivity index (χ2v) is 9.25. The van der Waals surface area contributed by atoms with Crippen LogP contribution < -0.4 is 15.6 Å². The molecule has 4 rings (SSSR count). The number of aromatic nitrogens is 2. The number of methoxy groups -OCH3 is 1. The van der Waals surface area contributed by atoms with E-state index in [1.807, 2.05) is 12.1 Å². The number of thioether (sulfide) groups is 1. The number of fused-ring (bicyclic) bond motifs is 1. The van der Waals surface area contributed by atoms with E-state index in [1.165, 1.54) is 16.3 Å². The summed E-state index contributed by atoms with van der Waals surface area (Å²) in [5.41, 5.74) is 0.771. The van der Waals surface area contributed by atoms with Crippen LogP contribution in [0.25, 0.3) is 16.6 Å². The van der Waals surface area contributed by atoms with Crippen LogP contribution in [-0.2, 0) is 9.53 Å². The molecular weight excluding hydrogens is 450 g/mol. The molecule has 1 N–H and O–H groups in total. The number of halogens is 1. The Morgan fingerprint density at radius 2 is 2.19 bits per heavy atom. The molecule has 0 saturated carbocycles. The summed E-state index contributed by atoms with van der Waals surface area (Å²) in [7, 11) is 1.55. The first-order chi connectivity index (χ1) is 15.5. The summed E-state index contributed by atoms with van der Waals surface area (Å²) < 4.78 is 12.5. The molecule has 0 bridgehead atoms. The minimum absolute atomic E-state index is 0.0591. The number of ether oxygens (including phenoxy) is 2. The molecule has 1 aliphatic rings. The fourth-order valence-electron chi connectivity index (χ4n) is 3.62. The number of hydrogen-bond acceptors (Lipinski definition) is 6. The topological polar surface area (TPSA) is 82.4 Å². The van der Waals surface area contributed by atoms with Crippen molar-refractivity contribution in [2.24, 2.45) is 0 Å². The van der Waals surface area contributed by atoms with Crippen molar-refractivity contribution in [3.63, 3.8) is 0 Å². The summed E-state index contributed by atoms with van der Waals surface area (Å²) in [5, 5.41) is 3.75. The third-order valence-electron chi connectivity index (χ3n) is 5.31. The number of carbonyl (C=O) groups excluding carboxylic acids is 1. The summed E-state index contributed by atoms with van der Waals surface area (Å²) >= 11 is 7.35. The average molecular weight is 474 g/mol. The molecule has 1 fully saturated rings. The predicted molar refractivity (Wildman–Crippen MR) is 126 cm³/mol. The summed E-state index contributed by atoms with van der Waals surface area (Å²) in [6.07, 6.45) is 2.02. The number of amides is 1. The van der Waals surface area contributed by atoms with Gasteiger partial charge in [0.15, 0.2) is 5.16 Å². The first-order valence-corrected chi connectivity index (χ1v) is 11.7. The lowest BCUT2D eigenvalue weighted by Gasteiger charge is -2.18. The fraction of sp³-hybridized carbons (Fsp3) is 0.348. The van der Waals surface area contributed by atoms with Crippen molar-refractivity contribution < 1.29 is 14.3 Å². The van der Waals surface area contributed by atoms with Gasteiger partial charge in [0.2, 0.25) is 5.91 Å². The molecule has 0 unspecified atom stereocenters. The summed E-state index contributed by atoms with van der Waals surface area (Å²) in [6, 6.07) is 12.2. The van der Waals surface area contributed by atoms with Crippen molar-refractivity contribution >= 4 is 40.2 Å². The highest BCUT2D eigenvalue weighted by Crippen LogP contribution is 2.29. The molecule has 0 spiro atoms. The number of nitrogens with zero attached hydrogens (tertiary/aromatic N) is 2. The van der Waals surface area contributed by atoms with E-state index in [2.05, 4.69) is 10.3 Å². The Morgan fingerprint density at radius 1 is 1.38 bits per heavy atom. The Bertz CT molecular complexity index is 1190. The zero-order chi connectivity index (χ0) is 22.7. The molecule has 1 saturated heterocycles. The Morgan fingerprint density at radius 3 is 2.94 bits per heavy atom. The summed E-state index contributed by atoms with van der Waals surface area (Å²) in [6.45, 7) is 3.00. The number of nitrogens with one attached hydrogen (secondary N) is 1. The van der Waals surface area contributed by atoms with E-state index in [0.717, 1.165) is 19.4 Å². The van der Waals surface area contributed by atoms with Crippen LogP contribution in [0.2, 0.25) is 5.02 Å². The van der Waals surface area contributed by atoms with Crippen molar-refractivity contribution in [3.05, 3.63) is 57.8 Å². The van der Waals surface area contributed by atoms with Crippen LogP contribution in [0.5, 0.6) is 5.75 Å². The van der Waals surface area contributed by atoms with Crippen molar-refractivity contribution in [2.45, 2.75) is 36.3 Å². The monoisotopic (exact) mass is 473 g/mol. The molecule has 1 aromatic heterocycles. The number of benzene rings is 2. The van der Waals surface area contributed by atoms with E-state index >= 15 is 0 Å². The number of hydrogen-bond donors (Lipinski definition) is 1. The molecule has 2 heterocycles. The zero-order valence-corrected chi connectivity index (χ0v) is 19.4. The Labute approximate surface area is 195 Å². The van der Waals surface area contributed by atoms with Gasteiger partial charge in [-0.1, -0.05) is 35.5 Å². The molecule has 3 aromatic rings. The molecule has 168 valence electrons. The highest BCUT2D eigenvalue weighted by molar-refractivity contribution is 8.00. The lowest BCUT2D eigenvalue weighted by molar-refractivity contribution is -0.120. The lowest BCUT2D eigenvalue weighted by Crippen LogP contribution is -2.36. The largest absolute Gasteiger partial charge is 0.495 e. The van der Waals surface area contributed by atoms with Gasteiger partial charge in [0.05, 0.1) is 35.1 Å². The van der Waals surface area contributed by atoms with Crippen LogP contribution in [0.15, 0.2) is 52.4 Å². The molecule has 9 heteroatoms. The maximum Gasteiger partial charge on any atom is 0.266 e. The highest BCUT2D eigenvalue weighted by Gasteiger charge is 2.23. The normalized spacial score (nSPS) is 16.8. The van der Waals surface area contributed by atoms with Crippen LogP contribution in [0.1, 0.15) is 19.8 Å². The van der Waals surface area contributed by atoms with Gasteiger partial charge in [-0.05, 0) is 50.1 Å². The molecule has 0 aliphatic carbocycles. The maximum absolute atomic E-state index is 13.5. The van der Waals surface area contributed by atoms with E-state index in [1.54, 1.807) is 44.4 Å². The van der Waals surface area contributed by atoms with E-state index < -0.39 is 5.25 Å². The zero-order valence-electron chi connectivity index (χ0n) is 17.8. The molecule has 0 radical (unpaired) electrons. The Balaban J connectivity index is 1.71. The SMILES string of the molecule is COc1ccccc1-n1c(S[C@H](C)C(=O)NC[C@H]2CCCO2)nc2cc(Cl)ccc2c1=O. The first-order valence-electron chi connectivity index (χ1n) is 10.4. The minimum Gasteiger partial charge on any atom is -0.495 e. The van der Waals surface area contributed by atoms with Gasteiger partial charge in [0.25, 0.3) is 5.56 Å². The van der Waals surface area contributed by atoms with E-state index in [9.17, 15) is 9.59 Å². The summed E-state index contributed by atoms with van der Waals surface area (Å²) in [5.74, 6) is 0.388. The van der Waals surface area contributed by atoms with E-state index in [-0.39, 0.29) is 17.6 Å². The minimum atomic E-state index is -0.485. The lowest BCUT2D eigenvalue weighted by atomic mass is 10.2. The van der Waals surface area contributed by atoms with E-state index in [0.29, 0.717) is 39.1 Å². The molecule has 7 nitrogen and oxygen atoms in total. The van der Waals surface area contributed by atoms with Crippen LogP contribution in [-0.4, -0.2) is 47.1 Å². The van der Waals surface area contributed by atoms with Gasteiger partial charge < -0.3 is 14.8 Å². The van der Waals surface area contributed by atoms with Crippen LogP contribution in [0, 0.1) is 0 Å². The molecule has 32 heavy (non-hydrogen) atoms. The maximum atomic E-state index is 13.5. The molecular formula is C23H24ClN3O4S. The van der Waals surface area contributed by atoms with Crippen molar-refractivity contribution in [1.29, 1.82) is 0 Å². The van der Waals surface area contributed by atoms with Crippen molar-refractivity contribution in [3.8, 4) is 11.4 Å². The van der Waals surface area contributed by atoms with Gasteiger partial charge in [-0.15, -0.1) is 0 Å². The van der Waals surface area contributed by atoms with Gasteiger partial charge in [0.1, 0.15) is 5.75 Å². The predicted octanol–water partition coefficient (Wildman–Crippen LogP) is 3.82. The third-order valence-corrected chi connectivity index (χ3v) is 6.59. The van der Waals surface area contributed by atoms with E-state index in [4.69, 9.17) is 21.1 Å². The summed E-state index contributed by atoms with van der Waals surface area (Å²) in [4.78, 5) is 30.9. The Hall–Kier alpha value is -2.55. The second kappa shape index (κ2) is 9.94. The molecule has 1 amide bonds. The molecule has 2 aromatic carbocycles. The van der Waals surface area contributed by atoms with Crippen molar-refractivity contribution in [1.82, 2.24) is 14.9 Å². The number of rotatable bonds is 7. The first kappa shape index (κ1) is 22.6. The third kappa shape index (κ3) is 4.77. The Kier molecular flexibility index (Phi) is 7.03. The number of para-hydroxylation sites is 2. The fourth-order valence-corrected chi connectivity index (χ4v) is 4.73. The van der Waals surface area contributed by atoms with Gasteiger partial charge >= 0.3 is 0 Å². The highest BCUT2D eigenvalue weighted by atomic mass is 35.5. The second-order valence-electron chi connectivity index (χ2n) is 7.51. The van der Waals surface area contributed by atoms with Gasteiger partial charge in [-0.3, -0.25) is 14.2 Å². The molecule has 2 atom stereocenters. The van der Waals surface area contributed by atoms with Crippen LogP contribution >= 0.6 is 23.4 Å². The van der Waals surface area contributed by atoms with Crippen LogP contribution in [0.3, 0.4) is 0 Å². The van der Waals surface area contributed by atoms with Gasteiger partial charge in [-0.25, -0.2) is 4.98 Å².